The topological polar surface area (TPSA) is 66.5 Å². The Morgan fingerprint density at radius 1 is 1.08 bits per heavy atom. The largest absolute Gasteiger partial charge is 0.325 e. The smallest absolute Gasteiger partial charge is 0.245 e. The molecule has 1 amide bonds. The molecule has 2 aromatic rings. The Kier molecular flexibility index (Phi) is 5.74. The molecule has 0 saturated heterocycles. The minimum atomic E-state index is -3.64. The molecule has 128 valence electrons. The fourth-order valence-corrected chi connectivity index (χ4v) is 3.41. The van der Waals surface area contributed by atoms with Crippen LogP contribution in [0.15, 0.2) is 42.5 Å². The molecule has 0 bridgehead atoms. The lowest BCUT2D eigenvalue weighted by molar-refractivity contribution is -0.114. The molecule has 0 heterocycles. The molecule has 0 unspecified atom stereocenters. The summed E-state index contributed by atoms with van der Waals surface area (Å²) in [6.45, 7) is 1.39. The monoisotopic (exact) mass is 386 g/mol. The van der Waals surface area contributed by atoms with E-state index in [1.807, 2.05) is 0 Å². The molecule has 0 aromatic heterocycles. The Labute approximate surface area is 151 Å². The molecule has 0 spiro atoms. The molecule has 0 aliphatic heterocycles. The second kappa shape index (κ2) is 7.42. The van der Waals surface area contributed by atoms with E-state index in [1.165, 1.54) is 0 Å². The fourth-order valence-electron chi connectivity index (χ4n) is 2.14. The first-order valence-corrected chi connectivity index (χ1v) is 9.56. The Balaban J connectivity index is 2.23. The summed E-state index contributed by atoms with van der Waals surface area (Å²) in [7, 11) is -3.64. The minimum Gasteiger partial charge on any atom is -0.325 e. The molecule has 5 nitrogen and oxygen atoms in total. The van der Waals surface area contributed by atoms with Gasteiger partial charge in [-0.2, -0.15) is 0 Å². The van der Waals surface area contributed by atoms with Crippen LogP contribution in [0.3, 0.4) is 0 Å². The van der Waals surface area contributed by atoms with Crippen LogP contribution in [0.4, 0.5) is 11.4 Å². The van der Waals surface area contributed by atoms with Crippen LogP contribution in [0.25, 0.3) is 0 Å². The van der Waals surface area contributed by atoms with Crippen LogP contribution in [0.2, 0.25) is 10.0 Å². The summed E-state index contributed by atoms with van der Waals surface area (Å²) < 4.78 is 25.2. The number of sulfonamides is 1. The first-order chi connectivity index (χ1) is 11.2. The van der Waals surface area contributed by atoms with E-state index >= 15 is 0 Å². The summed E-state index contributed by atoms with van der Waals surface area (Å²) >= 11 is 11.7. The van der Waals surface area contributed by atoms with Crippen LogP contribution in [0.1, 0.15) is 5.56 Å². The Morgan fingerprint density at radius 3 is 2.21 bits per heavy atom. The summed E-state index contributed by atoms with van der Waals surface area (Å²) in [5.74, 6) is -0.461. The molecule has 0 fully saturated rings. The highest BCUT2D eigenvalue weighted by Crippen LogP contribution is 2.25. The lowest BCUT2D eigenvalue weighted by atomic mass is 10.2. The Hall–Kier alpha value is -1.76. The van der Waals surface area contributed by atoms with E-state index in [4.69, 9.17) is 23.2 Å². The second-order valence-electron chi connectivity index (χ2n) is 5.26. The summed E-state index contributed by atoms with van der Waals surface area (Å²) in [6, 6.07) is 11.3. The van der Waals surface area contributed by atoms with Gasteiger partial charge in [-0.3, -0.25) is 9.10 Å². The van der Waals surface area contributed by atoms with Gasteiger partial charge in [0.15, 0.2) is 0 Å². The summed E-state index contributed by atoms with van der Waals surface area (Å²) in [4.78, 5) is 12.2. The Bertz CT molecular complexity index is 852. The zero-order valence-electron chi connectivity index (χ0n) is 13.1. The lowest BCUT2D eigenvalue weighted by Crippen LogP contribution is -2.37. The number of hydrogen-bond acceptors (Lipinski definition) is 3. The van der Waals surface area contributed by atoms with Crippen LogP contribution in [0.5, 0.6) is 0 Å². The quantitative estimate of drug-likeness (QED) is 0.851. The SMILES string of the molecule is Cc1cc(Cl)ccc1N(CC(=O)Nc1ccc(Cl)cc1)S(C)(=O)=O. The van der Waals surface area contributed by atoms with Gasteiger partial charge in [0.05, 0.1) is 11.9 Å². The van der Waals surface area contributed by atoms with E-state index in [1.54, 1.807) is 49.4 Å². The van der Waals surface area contributed by atoms with Crippen molar-refractivity contribution in [1.29, 1.82) is 0 Å². The van der Waals surface area contributed by atoms with Gasteiger partial charge in [-0.25, -0.2) is 8.42 Å². The molecule has 2 rings (SSSR count). The van der Waals surface area contributed by atoms with E-state index in [0.717, 1.165) is 10.6 Å². The average Bonchev–Trinajstić information content (AvgIpc) is 2.47. The zero-order valence-corrected chi connectivity index (χ0v) is 15.4. The van der Waals surface area contributed by atoms with Crippen molar-refractivity contribution in [2.24, 2.45) is 0 Å². The van der Waals surface area contributed by atoms with Gasteiger partial charge in [-0.15, -0.1) is 0 Å². The summed E-state index contributed by atoms with van der Waals surface area (Å²) in [6.07, 6.45) is 1.05. The zero-order chi connectivity index (χ0) is 17.9. The molecule has 2 aromatic carbocycles. The number of nitrogens with zero attached hydrogens (tertiary/aromatic N) is 1. The number of carbonyl (C=O) groups excluding carboxylic acids is 1. The molecular formula is C16H16Cl2N2O3S. The van der Waals surface area contributed by atoms with Crippen LogP contribution in [-0.4, -0.2) is 27.1 Å². The van der Waals surface area contributed by atoms with E-state index in [-0.39, 0.29) is 6.54 Å². The summed E-state index contributed by atoms with van der Waals surface area (Å²) in [5, 5.41) is 3.68. The molecule has 24 heavy (non-hydrogen) atoms. The van der Waals surface area contributed by atoms with E-state index in [0.29, 0.717) is 27.0 Å². The van der Waals surface area contributed by atoms with Crippen molar-refractivity contribution in [3.63, 3.8) is 0 Å². The highest BCUT2D eigenvalue weighted by atomic mass is 35.5. The third kappa shape index (κ3) is 4.87. The maximum atomic E-state index is 12.2. The first kappa shape index (κ1) is 18.6. The molecule has 1 N–H and O–H groups in total. The van der Waals surface area contributed by atoms with Gasteiger partial charge in [-0.05, 0) is 55.0 Å². The molecule has 0 atom stereocenters. The van der Waals surface area contributed by atoms with Gasteiger partial charge >= 0.3 is 0 Å². The van der Waals surface area contributed by atoms with Crippen LogP contribution < -0.4 is 9.62 Å². The third-order valence-electron chi connectivity index (χ3n) is 3.24. The number of aryl methyl sites for hydroxylation is 1. The van der Waals surface area contributed by atoms with Crippen molar-refractivity contribution < 1.29 is 13.2 Å². The van der Waals surface area contributed by atoms with E-state index in [2.05, 4.69) is 5.32 Å². The van der Waals surface area contributed by atoms with Crippen LogP contribution >= 0.6 is 23.2 Å². The number of benzene rings is 2. The minimum absolute atomic E-state index is 0.343. The maximum absolute atomic E-state index is 12.2. The molecule has 0 aliphatic rings. The van der Waals surface area contributed by atoms with Gasteiger partial charge in [0.2, 0.25) is 15.9 Å². The van der Waals surface area contributed by atoms with Gasteiger partial charge in [0.25, 0.3) is 0 Å². The number of halogens is 2. The number of amides is 1. The van der Waals surface area contributed by atoms with E-state index < -0.39 is 15.9 Å². The molecule has 0 radical (unpaired) electrons. The lowest BCUT2D eigenvalue weighted by Gasteiger charge is -2.23. The first-order valence-electron chi connectivity index (χ1n) is 6.96. The number of rotatable bonds is 5. The average molecular weight is 387 g/mol. The van der Waals surface area contributed by atoms with Gasteiger partial charge < -0.3 is 5.32 Å². The predicted molar refractivity (Wildman–Crippen MR) is 98.5 cm³/mol. The van der Waals surface area contributed by atoms with Crippen molar-refractivity contribution in [2.45, 2.75) is 6.92 Å². The highest BCUT2D eigenvalue weighted by Gasteiger charge is 2.22. The molecule has 8 heteroatoms. The van der Waals surface area contributed by atoms with Crippen molar-refractivity contribution in [3.8, 4) is 0 Å². The fraction of sp³-hybridized carbons (Fsp3) is 0.188. The number of nitrogens with one attached hydrogen (secondary N) is 1. The number of carbonyl (C=O) groups is 1. The second-order valence-corrected chi connectivity index (χ2v) is 8.04. The standard InChI is InChI=1S/C16H16Cl2N2O3S/c1-11-9-13(18)5-8-15(11)20(24(2,22)23)10-16(21)19-14-6-3-12(17)4-7-14/h3-9H,10H2,1-2H3,(H,19,21). The summed E-state index contributed by atoms with van der Waals surface area (Å²) in [5.41, 5.74) is 1.60. The van der Waals surface area contributed by atoms with Crippen molar-refractivity contribution >= 4 is 50.5 Å². The molecular weight excluding hydrogens is 371 g/mol. The van der Waals surface area contributed by atoms with Crippen molar-refractivity contribution in [3.05, 3.63) is 58.1 Å². The van der Waals surface area contributed by atoms with Gasteiger partial charge in [0, 0.05) is 15.7 Å². The predicted octanol–water partition coefficient (Wildman–Crippen LogP) is 3.71. The van der Waals surface area contributed by atoms with Crippen molar-refractivity contribution in [1.82, 2.24) is 0 Å². The van der Waals surface area contributed by atoms with Crippen LogP contribution in [-0.2, 0) is 14.8 Å². The van der Waals surface area contributed by atoms with E-state index in [9.17, 15) is 13.2 Å². The molecule has 0 saturated carbocycles. The maximum Gasteiger partial charge on any atom is 0.245 e. The normalized spacial score (nSPS) is 11.2. The van der Waals surface area contributed by atoms with Crippen molar-refractivity contribution in [2.75, 3.05) is 22.4 Å². The highest BCUT2D eigenvalue weighted by molar-refractivity contribution is 7.92. The van der Waals surface area contributed by atoms with Gasteiger partial charge in [-0.1, -0.05) is 23.2 Å². The Morgan fingerprint density at radius 2 is 1.67 bits per heavy atom. The number of anilines is 2. The van der Waals surface area contributed by atoms with Crippen LogP contribution in [0, 0.1) is 6.92 Å². The number of hydrogen-bond donors (Lipinski definition) is 1. The van der Waals surface area contributed by atoms with Gasteiger partial charge in [0.1, 0.15) is 6.54 Å². The third-order valence-corrected chi connectivity index (χ3v) is 4.86. The molecule has 0 aliphatic carbocycles.